The molecule has 0 radical (unpaired) electrons. The molecule has 0 bridgehead atoms. The number of hydrogen-bond acceptors (Lipinski definition) is 1. The molecule has 3 aromatic rings. The Morgan fingerprint density at radius 1 is 0.926 bits per heavy atom. The molecule has 0 atom stereocenters. The Hall–Kier alpha value is -2.03. The van der Waals surface area contributed by atoms with Crippen molar-refractivity contribution in [1.82, 2.24) is 4.57 Å². The Balaban J connectivity index is 1.94. The molecule has 1 heterocycles. The minimum Gasteiger partial charge on any atom is -0.318 e. The number of aromatic nitrogens is 1. The van der Waals surface area contributed by atoms with E-state index < -0.39 is 0 Å². The maximum absolute atomic E-state index is 6.22. The first-order chi connectivity index (χ1) is 12.7. The Labute approximate surface area is 171 Å². The van der Waals surface area contributed by atoms with Gasteiger partial charge in [0.05, 0.1) is 10.7 Å². The van der Waals surface area contributed by atoms with Crippen LogP contribution >= 0.6 is 23.2 Å². The quantitative estimate of drug-likeness (QED) is 0.407. The van der Waals surface area contributed by atoms with Crippen LogP contribution in [-0.2, 0) is 5.41 Å². The van der Waals surface area contributed by atoms with E-state index in [1.807, 2.05) is 12.3 Å². The summed E-state index contributed by atoms with van der Waals surface area (Å²) in [6, 6.07) is 16.2. The van der Waals surface area contributed by atoms with Crippen molar-refractivity contribution in [2.45, 2.75) is 40.0 Å². The Kier molecular flexibility index (Phi) is 5.50. The largest absolute Gasteiger partial charge is 0.318 e. The van der Waals surface area contributed by atoms with E-state index in [0.717, 1.165) is 16.9 Å². The highest BCUT2D eigenvalue weighted by Gasteiger charge is 2.14. The average molecular weight is 399 g/mol. The first kappa shape index (κ1) is 19.7. The summed E-state index contributed by atoms with van der Waals surface area (Å²) >= 11 is 12.2. The van der Waals surface area contributed by atoms with Gasteiger partial charge in [0.15, 0.2) is 0 Å². The van der Waals surface area contributed by atoms with Crippen LogP contribution in [0.1, 0.15) is 43.3 Å². The topological polar surface area (TPSA) is 17.3 Å². The molecule has 0 saturated carbocycles. The molecule has 4 heteroatoms. The van der Waals surface area contributed by atoms with Gasteiger partial charge in [0.25, 0.3) is 0 Å². The van der Waals surface area contributed by atoms with E-state index in [-0.39, 0.29) is 5.41 Å². The second-order valence-electron chi connectivity index (χ2n) is 7.81. The number of nitrogens with zero attached hydrogens (tertiary/aromatic N) is 2. The number of aryl methyl sites for hydroxylation is 1. The van der Waals surface area contributed by atoms with Crippen molar-refractivity contribution in [2.75, 3.05) is 0 Å². The van der Waals surface area contributed by atoms with Crippen LogP contribution in [0.3, 0.4) is 0 Å². The van der Waals surface area contributed by atoms with Crippen molar-refractivity contribution >= 4 is 35.1 Å². The lowest BCUT2D eigenvalue weighted by molar-refractivity contribution is 0.590. The zero-order chi connectivity index (χ0) is 19.8. The molecule has 0 aliphatic carbocycles. The van der Waals surface area contributed by atoms with Gasteiger partial charge in [-0.1, -0.05) is 56.1 Å². The number of aliphatic imine (C=N–C) groups is 1. The molecule has 1 aromatic heterocycles. The van der Waals surface area contributed by atoms with Gasteiger partial charge < -0.3 is 4.57 Å². The fraction of sp³-hybridized carbons (Fsp3) is 0.261. The number of hydrogen-bond donors (Lipinski definition) is 0. The summed E-state index contributed by atoms with van der Waals surface area (Å²) in [5, 5.41) is 1.15. The second-order valence-corrected chi connectivity index (χ2v) is 8.66. The molecule has 27 heavy (non-hydrogen) atoms. The summed E-state index contributed by atoms with van der Waals surface area (Å²) in [6.45, 7) is 10.9. The molecule has 0 aliphatic heterocycles. The van der Waals surface area contributed by atoms with Crippen molar-refractivity contribution in [3.05, 3.63) is 81.1 Å². The highest BCUT2D eigenvalue weighted by atomic mass is 35.5. The van der Waals surface area contributed by atoms with Crippen LogP contribution in [-0.4, -0.2) is 10.8 Å². The molecule has 140 valence electrons. The van der Waals surface area contributed by atoms with Crippen LogP contribution in [0.5, 0.6) is 0 Å². The number of rotatable bonds is 3. The maximum Gasteiger partial charge on any atom is 0.0817 e. The molecule has 0 spiro atoms. The molecule has 2 aromatic carbocycles. The third-order valence-electron chi connectivity index (χ3n) is 4.71. The van der Waals surface area contributed by atoms with E-state index in [1.54, 1.807) is 12.1 Å². The number of halogens is 2. The predicted octanol–water partition coefficient (Wildman–Crippen LogP) is 7.45. The minimum absolute atomic E-state index is 0.148. The van der Waals surface area contributed by atoms with E-state index in [1.165, 1.54) is 11.3 Å². The van der Waals surface area contributed by atoms with Crippen molar-refractivity contribution in [3.63, 3.8) is 0 Å². The fourth-order valence-corrected chi connectivity index (χ4v) is 3.61. The zero-order valence-electron chi connectivity index (χ0n) is 16.3. The predicted molar refractivity (Wildman–Crippen MR) is 118 cm³/mol. The summed E-state index contributed by atoms with van der Waals surface area (Å²) in [4.78, 5) is 4.54. The van der Waals surface area contributed by atoms with Crippen LogP contribution in [0, 0.1) is 13.8 Å². The molecule has 0 unspecified atom stereocenters. The van der Waals surface area contributed by atoms with E-state index in [0.29, 0.717) is 15.7 Å². The molecule has 0 saturated heterocycles. The SMILES string of the molecule is Cc1cc(C=Nc2ccc(Cl)cc2Cl)c(C)n1-c1ccc(C(C)(C)C)cc1. The molecular formula is C23H24Cl2N2. The van der Waals surface area contributed by atoms with Crippen molar-refractivity contribution in [1.29, 1.82) is 0 Å². The number of benzene rings is 2. The maximum atomic E-state index is 6.22. The molecule has 0 amide bonds. The van der Waals surface area contributed by atoms with Gasteiger partial charge in [0, 0.05) is 33.9 Å². The van der Waals surface area contributed by atoms with Gasteiger partial charge in [0.1, 0.15) is 0 Å². The van der Waals surface area contributed by atoms with E-state index in [2.05, 4.69) is 74.5 Å². The molecule has 3 rings (SSSR count). The van der Waals surface area contributed by atoms with E-state index in [9.17, 15) is 0 Å². The van der Waals surface area contributed by atoms with Gasteiger partial charge in [-0.05, 0) is 61.2 Å². The van der Waals surface area contributed by atoms with Crippen LogP contribution in [0.25, 0.3) is 5.69 Å². The Morgan fingerprint density at radius 2 is 1.59 bits per heavy atom. The Bertz CT molecular complexity index is 990. The minimum atomic E-state index is 0.148. The average Bonchev–Trinajstić information content (AvgIpc) is 2.87. The van der Waals surface area contributed by atoms with Crippen molar-refractivity contribution < 1.29 is 0 Å². The fourth-order valence-electron chi connectivity index (χ4n) is 3.15. The van der Waals surface area contributed by atoms with Gasteiger partial charge in [-0.2, -0.15) is 0 Å². The molecule has 0 N–H and O–H groups in total. The standard InChI is InChI=1S/C23H24Cl2N2/c1-15-12-17(14-26-22-11-8-19(24)13-21(22)25)16(2)27(15)20-9-6-18(7-10-20)23(3,4)5/h6-14H,1-5H3. The van der Waals surface area contributed by atoms with Gasteiger partial charge in [-0.25, -0.2) is 0 Å². The smallest absolute Gasteiger partial charge is 0.0817 e. The lowest BCUT2D eigenvalue weighted by Gasteiger charge is -2.20. The highest BCUT2D eigenvalue weighted by molar-refractivity contribution is 6.36. The second kappa shape index (κ2) is 7.53. The molecule has 0 aliphatic rings. The molecule has 2 nitrogen and oxygen atoms in total. The lowest BCUT2D eigenvalue weighted by Crippen LogP contribution is -2.11. The zero-order valence-corrected chi connectivity index (χ0v) is 17.9. The van der Waals surface area contributed by atoms with Gasteiger partial charge in [-0.3, -0.25) is 4.99 Å². The molecule has 0 fully saturated rings. The summed E-state index contributed by atoms with van der Waals surface area (Å²) in [5.74, 6) is 0. The first-order valence-electron chi connectivity index (χ1n) is 8.96. The van der Waals surface area contributed by atoms with Crippen LogP contribution in [0.15, 0.2) is 53.5 Å². The van der Waals surface area contributed by atoms with E-state index in [4.69, 9.17) is 23.2 Å². The summed E-state index contributed by atoms with van der Waals surface area (Å²) in [5.41, 5.74) is 6.72. The molecular weight excluding hydrogens is 375 g/mol. The monoisotopic (exact) mass is 398 g/mol. The van der Waals surface area contributed by atoms with Crippen LogP contribution < -0.4 is 0 Å². The van der Waals surface area contributed by atoms with Crippen molar-refractivity contribution in [3.8, 4) is 5.69 Å². The Morgan fingerprint density at radius 3 is 2.19 bits per heavy atom. The summed E-state index contributed by atoms with van der Waals surface area (Å²) in [7, 11) is 0. The third-order valence-corrected chi connectivity index (χ3v) is 5.25. The van der Waals surface area contributed by atoms with E-state index >= 15 is 0 Å². The van der Waals surface area contributed by atoms with Crippen molar-refractivity contribution in [2.24, 2.45) is 4.99 Å². The van der Waals surface area contributed by atoms with Crippen LogP contribution in [0.2, 0.25) is 10.0 Å². The van der Waals surface area contributed by atoms with Crippen LogP contribution in [0.4, 0.5) is 5.69 Å². The van der Waals surface area contributed by atoms with Gasteiger partial charge in [-0.15, -0.1) is 0 Å². The first-order valence-corrected chi connectivity index (χ1v) is 9.71. The van der Waals surface area contributed by atoms with Gasteiger partial charge in [0.2, 0.25) is 0 Å². The third kappa shape index (κ3) is 4.28. The normalized spacial score (nSPS) is 12.1. The summed E-state index contributed by atoms with van der Waals surface area (Å²) < 4.78 is 2.25. The lowest BCUT2D eigenvalue weighted by atomic mass is 9.87. The highest BCUT2D eigenvalue weighted by Crippen LogP contribution is 2.29. The summed E-state index contributed by atoms with van der Waals surface area (Å²) in [6.07, 6.45) is 1.86. The van der Waals surface area contributed by atoms with Gasteiger partial charge >= 0.3 is 0 Å².